The Morgan fingerprint density at radius 3 is 1.97 bits per heavy atom. The molecule has 0 spiro atoms. The minimum Gasteiger partial charge on any atom is -0.497 e. The van der Waals surface area contributed by atoms with E-state index in [2.05, 4.69) is 22.3 Å². The predicted molar refractivity (Wildman–Crippen MR) is 123 cm³/mol. The van der Waals surface area contributed by atoms with Crippen molar-refractivity contribution >= 4 is 11.8 Å². The Kier molecular flexibility index (Phi) is 8.37. The third kappa shape index (κ3) is 6.07. The molecule has 0 aliphatic carbocycles. The molecule has 1 heterocycles. The zero-order valence-electron chi connectivity index (χ0n) is 19.6. The van der Waals surface area contributed by atoms with E-state index in [1.807, 2.05) is 12.1 Å². The number of carbonyl (C=O) groups excluding carboxylic acids is 2. The third-order valence-corrected chi connectivity index (χ3v) is 5.62. The molecule has 0 saturated carbocycles. The molecule has 0 aromatic heterocycles. The van der Waals surface area contributed by atoms with Gasteiger partial charge in [0.25, 0.3) is 5.91 Å². The van der Waals surface area contributed by atoms with Crippen LogP contribution in [-0.2, 0) is 11.3 Å². The van der Waals surface area contributed by atoms with Crippen molar-refractivity contribution in [1.29, 1.82) is 0 Å². The summed E-state index contributed by atoms with van der Waals surface area (Å²) in [6.07, 6.45) is 0. The second-order valence-corrected chi connectivity index (χ2v) is 7.60. The van der Waals surface area contributed by atoms with Crippen molar-refractivity contribution in [2.24, 2.45) is 0 Å². The Morgan fingerprint density at radius 1 is 0.848 bits per heavy atom. The van der Waals surface area contributed by atoms with Crippen molar-refractivity contribution in [3.63, 3.8) is 0 Å². The second-order valence-electron chi connectivity index (χ2n) is 7.60. The number of rotatable bonds is 9. The quantitative estimate of drug-likeness (QED) is 0.614. The zero-order valence-corrected chi connectivity index (χ0v) is 19.6. The van der Waals surface area contributed by atoms with Crippen LogP contribution in [0.3, 0.4) is 0 Å². The van der Waals surface area contributed by atoms with Gasteiger partial charge in [-0.15, -0.1) is 0 Å². The monoisotopic (exact) mass is 457 g/mol. The average Bonchev–Trinajstić information content (AvgIpc) is 2.86. The number of hydrogen-bond donors (Lipinski definition) is 1. The van der Waals surface area contributed by atoms with Crippen LogP contribution in [0.5, 0.6) is 23.0 Å². The Bertz CT molecular complexity index is 930. The van der Waals surface area contributed by atoms with Gasteiger partial charge < -0.3 is 29.2 Å². The number of piperazine rings is 1. The van der Waals surface area contributed by atoms with Crippen molar-refractivity contribution in [3.05, 3.63) is 47.5 Å². The molecule has 1 aliphatic rings. The van der Waals surface area contributed by atoms with E-state index in [4.69, 9.17) is 18.9 Å². The molecule has 1 fully saturated rings. The third-order valence-electron chi connectivity index (χ3n) is 5.62. The van der Waals surface area contributed by atoms with Gasteiger partial charge in [-0.25, -0.2) is 0 Å². The van der Waals surface area contributed by atoms with E-state index in [0.717, 1.165) is 25.4 Å². The summed E-state index contributed by atoms with van der Waals surface area (Å²) in [6, 6.07) is 11.1. The van der Waals surface area contributed by atoms with Gasteiger partial charge in [-0.2, -0.15) is 0 Å². The van der Waals surface area contributed by atoms with Gasteiger partial charge in [0.1, 0.15) is 5.75 Å². The van der Waals surface area contributed by atoms with Crippen LogP contribution in [0.1, 0.15) is 15.9 Å². The first-order valence-electron chi connectivity index (χ1n) is 10.7. The molecule has 2 aromatic rings. The normalized spacial score (nSPS) is 13.9. The van der Waals surface area contributed by atoms with E-state index in [1.54, 1.807) is 24.1 Å². The average molecular weight is 458 g/mol. The maximum atomic E-state index is 12.6. The van der Waals surface area contributed by atoms with E-state index in [0.29, 0.717) is 35.9 Å². The van der Waals surface area contributed by atoms with E-state index in [-0.39, 0.29) is 18.4 Å². The molecule has 0 unspecified atom stereocenters. The van der Waals surface area contributed by atoms with Crippen LogP contribution in [0, 0.1) is 0 Å². The Balaban J connectivity index is 1.49. The number of nitrogens with one attached hydrogen (secondary N) is 1. The summed E-state index contributed by atoms with van der Waals surface area (Å²) in [5, 5.41) is 2.69. The fourth-order valence-corrected chi connectivity index (χ4v) is 3.73. The predicted octanol–water partition coefficient (Wildman–Crippen LogP) is 1.80. The molecule has 3 rings (SSSR count). The first-order valence-corrected chi connectivity index (χ1v) is 10.7. The molecule has 1 aliphatic heterocycles. The van der Waals surface area contributed by atoms with Crippen LogP contribution in [0.4, 0.5) is 0 Å². The van der Waals surface area contributed by atoms with Crippen LogP contribution in [0.25, 0.3) is 0 Å². The maximum absolute atomic E-state index is 12.6. The lowest BCUT2D eigenvalue weighted by Crippen LogP contribution is -2.50. The molecule has 0 bridgehead atoms. The fraction of sp³-hybridized carbons (Fsp3) is 0.417. The van der Waals surface area contributed by atoms with Crippen LogP contribution < -0.4 is 24.3 Å². The minimum absolute atomic E-state index is 0.0754. The van der Waals surface area contributed by atoms with Gasteiger partial charge in [-0.05, 0) is 29.8 Å². The van der Waals surface area contributed by atoms with Gasteiger partial charge in [0.2, 0.25) is 11.7 Å². The van der Waals surface area contributed by atoms with Crippen molar-refractivity contribution in [2.75, 3.05) is 61.2 Å². The molecular weight excluding hydrogens is 426 g/mol. The molecule has 1 saturated heterocycles. The fourth-order valence-electron chi connectivity index (χ4n) is 3.73. The summed E-state index contributed by atoms with van der Waals surface area (Å²) < 4.78 is 21.0. The summed E-state index contributed by atoms with van der Waals surface area (Å²) in [4.78, 5) is 29.3. The number of carbonyl (C=O) groups is 2. The molecule has 0 radical (unpaired) electrons. The van der Waals surface area contributed by atoms with Gasteiger partial charge in [-0.3, -0.25) is 14.5 Å². The zero-order chi connectivity index (χ0) is 23.8. The van der Waals surface area contributed by atoms with Gasteiger partial charge >= 0.3 is 0 Å². The molecular formula is C24H31N3O6. The highest BCUT2D eigenvalue weighted by Crippen LogP contribution is 2.38. The first kappa shape index (κ1) is 24.2. The van der Waals surface area contributed by atoms with E-state index < -0.39 is 0 Å². The number of hydrogen-bond acceptors (Lipinski definition) is 7. The lowest BCUT2D eigenvalue weighted by atomic mass is 10.1. The lowest BCUT2D eigenvalue weighted by molar-refractivity contribution is -0.131. The van der Waals surface area contributed by atoms with Crippen molar-refractivity contribution < 1.29 is 28.5 Å². The van der Waals surface area contributed by atoms with Crippen LogP contribution in [0.15, 0.2) is 36.4 Å². The number of amides is 2. The molecule has 2 amide bonds. The summed E-state index contributed by atoms with van der Waals surface area (Å²) in [6.45, 7) is 3.54. The number of methoxy groups -OCH3 is 4. The van der Waals surface area contributed by atoms with E-state index in [9.17, 15) is 9.59 Å². The number of ether oxygens (including phenoxy) is 4. The smallest absolute Gasteiger partial charge is 0.251 e. The Morgan fingerprint density at radius 2 is 1.45 bits per heavy atom. The molecule has 1 N–H and O–H groups in total. The van der Waals surface area contributed by atoms with Gasteiger partial charge in [-0.1, -0.05) is 12.1 Å². The standard InChI is InChI=1S/C24H31N3O6/c1-30-19-7-5-17(6-8-19)16-26-9-11-27(12-10-26)22(28)15-25-24(29)18-13-20(31-2)23(33-4)21(14-18)32-3/h5-8,13-14H,9-12,15-16H2,1-4H3,(H,25,29). The largest absolute Gasteiger partial charge is 0.497 e. The lowest BCUT2D eigenvalue weighted by Gasteiger charge is -2.34. The highest BCUT2D eigenvalue weighted by Gasteiger charge is 2.22. The summed E-state index contributed by atoms with van der Waals surface area (Å²) in [5.74, 6) is 1.49. The van der Waals surface area contributed by atoms with Crippen molar-refractivity contribution in [3.8, 4) is 23.0 Å². The van der Waals surface area contributed by atoms with Crippen LogP contribution >= 0.6 is 0 Å². The highest BCUT2D eigenvalue weighted by atomic mass is 16.5. The molecule has 0 atom stereocenters. The maximum Gasteiger partial charge on any atom is 0.251 e. The molecule has 9 heteroatoms. The first-order chi connectivity index (χ1) is 16.0. The van der Waals surface area contributed by atoms with Crippen LogP contribution in [-0.4, -0.2) is 82.8 Å². The number of nitrogens with zero attached hydrogens (tertiary/aromatic N) is 2. The molecule has 9 nitrogen and oxygen atoms in total. The summed E-state index contributed by atoms with van der Waals surface area (Å²) in [7, 11) is 6.11. The highest BCUT2D eigenvalue weighted by molar-refractivity contribution is 5.97. The Hall–Kier alpha value is -3.46. The summed E-state index contributed by atoms with van der Waals surface area (Å²) in [5.41, 5.74) is 1.52. The van der Waals surface area contributed by atoms with E-state index in [1.165, 1.54) is 26.9 Å². The topological polar surface area (TPSA) is 89.6 Å². The van der Waals surface area contributed by atoms with Gasteiger partial charge in [0.15, 0.2) is 11.5 Å². The summed E-state index contributed by atoms with van der Waals surface area (Å²) >= 11 is 0. The van der Waals surface area contributed by atoms with E-state index >= 15 is 0 Å². The second kappa shape index (κ2) is 11.4. The van der Waals surface area contributed by atoms with Crippen molar-refractivity contribution in [1.82, 2.24) is 15.1 Å². The Labute approximate surface area is 194 Å². The van der Waals surface area contributed by atoms with Gasteiger partial charge in [0.05, 0.1) is 35.0 Å². The molecule has 178 valence electrons. The SMILES string of the molecule is COc1ccc(CN2CCN(C(=O)CNC(=O)c3cc(OC)c(OC)c(OC)c3)CC2)cc1. The van der Waals surface area contributed by atoms with Crippen molar-refractivity contribution in [2.45, 2.75) is 6.54 Å². The molecule has 2 aromatic carbocycles. The molecule has 33 heavy (non-hydrogen) atoms. The van der Waals surface area contributed by atoms with Crippen LogP contribution in [0.2, 0.25) is 0 Å². The minimum atomic E-state index is -0.388. The van der Waals surface area contributed by atoms with Gasteiger partial charge in [0, 0.05) is 38.3 Å². The number of benzene rings is 2.